The number of thiazole rings is 1. The maximum Gasteiger partial charge on any atom is 0.229 e. The summed E-state index contributed by atoms with van der Waals surface area (Å²) < 4.78 is 1.11. The van der Waals surface area contributed by atoms with Crippen molar-refractivity contribution >= 4 is 56.0 Å². The van der Waals surface area contributed by atoms with Gasteiger partial charge in [0.25, 0.3) is 0 Å². The number of thioether (sulfide) groups is 1. The first-order valence-corrected chi connectivity index (χ1v) is 12.8. The zero-order chi connectivity index (χ0) is 22.3. The minimum Gasteiger partial charge on any atom is -0.284 e. The van der Waals surface area contributed by atoms with E-state index in [0.29, 0.717) is 13.0 Å². The Kier molecular flexibility index (Phi) is 7.79. The van der Waals surface area contributed by atoms with Gasteiger partial charge in [0.1, 0.15) is 0 Å². The van der Waals surface area contributed by atoms with E-state index in [1.165, 1.54) is 5.56 Å². The number of hydrogen-bond acceptors (Lipinski definition) is 5. The van der Waals surface area contributed by atoms with Gasteiger partial charge in [-0.1, -0.05) is 48.1 Å². The third-order valence-electron chi connectivity index (χ3n) is 5.08. The summed E-state index contributed by atoms with van der Waals surface area (Å²) in [5.74, 6) is 0.955. The fourth-order valence-electron chi connectivity index (χ4n) is 3.41. The number of aryl methyl sites for hydroxylation is 1. The second kappa shape index (κ2) is 10.9. The number of rotatable bonds is 9. The zero-order valence-electron chi connectivity index (χ0n) is 17.8. The lowest BCUT2D eigenvalue weighted by Gasteiger charge is -2.20. The summed E-state index contributed by atoms with van der Waals surface area (Å²) in [6.45, 7) is 2.60. The van der Waals surface area contributed by atoms with Crippen molar-refractivity contribution in [1.29, 1.82) is 0 Å². The van der Waals surface area contributed by atoms with Crippen LogP contribution in [0.1, 0.15) is 30.9 Å². The SMILES string of the molecule is CCc1cccc2sc(N(Cc3cccnc3)C(=O)CCCSc3ccc(Cl)cc3)nc12. The largest absolute Gasteiger partial charge is 0.284 e. The minimum absolute atomic E-state index is 0.0858. The molecule has 0 saturated heterocycles. The molecular weight excluding hydrogens is 458 g/mol. The molecule has 0 bridgehead atoms. The summed E-state index contributed by atoms with van der Waals surface area (Å²) in [7, 11) is 0. The van der Waals surface area contributed by atoms with Crippen LogP contribution in [-0.4, -0.2) is 21.6 Å². The monoisotopic (exact) mass is 481 g/mol. The van der Waals surface area contributed by atoms with Gasteiger partial charge in [0.15, 0.2) is 5.13 Å². The summed E-state index contributed by atoms with van der Waals surface area (Å²) in [6, 6.07) is 17.9. The molecule has 2 aromatic carbocycles. The topological polar surface area (TPSA) is 46.1 Å². The molecular formula is C25H24ClN3OS2. The first-order chi connectivity index (χ1) is 15.6. The maximum atomic E-state index is 13.3. The van der Waals surface area contributed by atoms with E-state index >= 15 is 0 Å². The molecule has 2 heterocycles. The molecule has 0 unspecified atom stereocenters. The van der Waals surface area contributed by atoms with E-state index in [1.54, 1.807) is 29.3 Å². The van der Waals surface area contributed by atoms with E-state index < -0.39 is 0 Å². The molecule has 0 aliphatic heterocycles. The van der Waals surface area contributed by atoms with Crippen LogP contribution >= 0.6 is 34.7 Å². The molecule has 164 valence electrons. The molecule has 0 N–H and O–H groups in total. The number of benzene rings is 2. The molecule has 2 aromatic heterocycles. The minimum atomic E-state index is 0.0858. The highest BCUT2D eigenvalue weighted by atomic mass is 35.5. The van der Waals surface area contributed by atoms with Crippen molar-refractivity contribution in [3.05, 3.63) is 83.1 Å². The highest BCUT2D eigenvalue weighted by Gasteiger charge is 2.20. The Morgan fingerprint density at radius 1 is 1.12 bits per heavy atom. The van der Waals surface area contributed by atoms with Crippen molar-refractivity contribution < 1.29 is 4.79 Å². The summed E-state index contributed by atoms with van der Waals surface area (Å²) in [5.41, 5.74) is 3.20. The van der Waals surface area contributed by atoms with Gasteiger partial charge in [-0.25, -0.2) is 4.98 Å². The van der Waals surface area contributed by atoms with Crippen molar-refractivity contribution in [2.24, 2.45) is 0 Å². The van der Waals surface area contributed by atoms with E-state index in [-0.39, 0.29) is 5.91 Å². The quantitative estimate of drug-likeness (QED) is 0.190. The zero-order valence-corrected chi connectivity index (χ0v) is 20.2. The van der Waals surface area contributed by atoms with Crippen LogP contribution in [-0.2, 0) is 17.8 Å². The van der Waals surface area contributed by atoms with Crippen molar-refractivity contribution in [3.8, 4) is 0 Å². The standard InChI is InChI=1S/C25H24ClN3OS2/c1-2-19-7-3-8-22-24(19)28-25(32-22)29(17-18-6-4-14-27-16-18)23(30)9-5-15-31-21-12-10-20(26)11-13-21/h3-4,6-8,10-14,16H,2,5,9,15,17H2,1H3. The Morgan fingerprint density at radius 3 is 2.72 bits per heavy atom. The van der Waals surface area contributed by atoms with Crippen molar-refractivity contribution in [1.82, 2.24) is 9.97 Å². The van der Waals surface area contributed by atoms with Gasteiger partial charge in [0.05, 0.1) is 16.8 Å². The summed E-state index contributed by atoms with van der Waals surface area (Å²) in [5, 5.41) is 1.48. The Hall–Kier alpha value is -2.41. The average Bonchev–Trinajstić information content (AvgIpc) is 3.26. The van der Waals surface area contributed by atoms with Gasteiger partial charge >= 0.3 is 0 Å². The van der Waals surface area contributed by atoms with Gasteiger partial charge in [-0.3, -0.25) is 14.7 Å². The summed E-state index contributed by atoms with van der Waals surface area (Å²) in [4.78, 5) is 25.3. The Labute approximate surface area is 201 Å². The van der Waals surface area contributed by atoms with Gasteiger partial charge in [-0.05, 0) is 66.1 Å². The lowest BCUT2D eigenvalue weighted by molar-refractivity contribution is -0.118. The molecule has 0 saturated carbocycles. The van der Waals surface area contributed by atoms with Crippen LogP contribution in [0.25, 0.3) is 10.2 Å². The second-order valence-electron chi connectivity index (χ2n) is 7.36. The number of para-hydroxylation sites is 1. The normalized spacial score (nSPS) is 11.1. The summed E-state index contributed by atoms with van der Waals surface area (Å²) >= 11 is 9.27. The highest BCUT2D eigenvalue weighted by Crippen LogP contribution is 2.32. The van der Waals surface area contributed by atoms with Crippen LogP contribution in [0, 0.1) is 0 Å². The number of halogens is 1. The van der Waals surface area contributed by atoms with Crippen LogP contribution in [0.2, 0.25) is 5.02 Å². The number of pyridine rings is 1. The smallest absolute Gasteiger partial charge is 0.229 e. The molecule has 4 rings (SSSR count). The van der Waals surface area contributed by atoms with E-state index in [1.807, 2.05) is 47.5 Å². The molecule has 0 aliphatic rings. The van der Waals surface area contributed by atoms with E-state index in [2.05, 4.69) is 30.1 Å². The molecule has 7 heteroatoms. The fraction of sp³-hybridized carbons (Fsp3) is 0.240. The number of fused-ring (bicyclic) bond motifs is 1. The predicted molar refractivity (Wildman–Crippen MR) is 136 cm³/mol. The van der Waals surface area contributed by atoms with Crippen LogP contribution in [0.3, 0.4) is 0 Å². The Bertz CT molecular complexity index is 1180. The lowest BCUT2D eigenvalue weighted by Crippen LogP contribution is -2.30. The number of carbonyl (C=O) groups is 1. The maximum absolute atomic E-state index is 13.3. The number of nitrogens with zero attached hydrogens (tertiary/aromatic N) is 3. The van der Waals surface area contributed by atoms with Gasteiger partial charge in [-0.2, -0.15) is 0 Å². The Morgan fingerprint density at radius 2 is 1.97 bits per heavy atom. The van der Waals surface area contributed by atoms with E-state index in [0.717, 1.165) is 49.4 Å². The molecule has 32 heavy (non-hydrogen) atoms. The molecule has 0 fully saturated rings. The number of aromatic nitrogens is 2. The van der Waals surface area contributed by atoms with Crippen molar-refractivity contribution in [2.45, 2.75) is 37.6 Å². The van der Waals surface area contributed by atoms with Crippen LogP contribution in [0.15, 0.2) is 71.9 Å². The molecule has 0 spiro atoms. The van der Waals surface area contributed by atoms with E-state index in [9.17, 15) is 4.79 Å². The van der Waals surface area contributed by atoms with Gasteiger partial charge in [-0.15, -0.1) is 11.8 Å². The molecule has 4 aromatic rings. The molecule has 1 amide bonds. The van der Waals surface area contributed by atoms with Crippen molar-refractivity contribution in [3.63, 3.8) is 0 Å². The first kappa shape index (κ1) is 22.8. The van der Waals surface area contributed by atoms with Gasteiger partial charge < -0.3 is 0 Å². The third kappa shape index (κ3) is 5.68. The third-order valence-corrected chi connectivity index (χ3v) is 7.48. The van der Waals surface area contributed by atoms with Crippen LogP contribution in [0.5, 0.6) is 0 Å². The first-order valence-electron chi connectivity index (χ1n) is 10.6. The number of anilines is 1. The molecule has 0 radical (unpaired) electrons. The Balaban J connectivity index is 1.48. The van der Waals surface area contributed by atoms with Crippen LogP contribution in [0.4, 0.5) is 5.13 Å². The molecule has 0 atom stereocenters. The van der Waals surface area contributed by atoms with Crippen molar-refractivity contribution in [2.75, 3.05) is 10.7 Å². The number of carbonyl (C=O) groups excluding carboxylic acids is 1. The lowest BCUT2D eigenvalue weighted by atomic mass is 10.1. The molecule has 0 aliphatic carbocycles. The second-order valence-corrected chi connectivity index (χ2v) is 9.97. The highest BCUT2D eigenvalue weighted by molar-refractivity contribution is 7.99. The number of amides is 1. The fourth-order valence-corrected chi connectivity index (χ4v) is 5.42. The predicted octanol–water partition coefficient (Wildman–Crippen LogP) is 7.01. The number of hydrogen-bond donors (Lipinski definition) is 0. The van der Waals surface area contributed by atoms with Gasteiger partial charge in [0, 0.05) is 28.7 Å². The summed E-state index contributed by atoms with van der Waals surface area (Å²) in [6.07, 6.45) is 5.73. The van der Waals surface area contributed by atoms with Gasteiger partial charge in [0.2, 0.25) is 5.91 Å². The molecule has 4 nitrogen and oxygen atoms in total. The average molecular weight is 482 g/mol. The van der Waals surface area contributed by atoms with Crippen LogP contribution < -0.4 is 4.90 Å². The van der Waals surface area contributed by atoms with E-state index in [4.69, 9.17) is 16.6 Å².